The lowest BCUT2D eigenvalue weighted by Crippen LogP contribution is -2.34. The Morgan fingerprint density at radius 1 is 1.18 bits per heavy atom. The van der Waals surface area contributed by atoms with Crippen LogP contribution in [0.5, 0.6) is 5.75 Å². The minimum Gasteiger partial charge on any atom is -0.488 e. The van der Waals surface area contributed by atoms with E-state index in [1.807, 2.05) is 36.4 Å². The minimum absolute atomic E-state index is 0.0744. The number of hydrogen-bond donors (Lipinski definition) is 2. The number of furan rings is 1. The molecule has 0 radical (unpaired) electrons. The molecule has 3 rings (SSSR count). The molecule has 4 heteroatoms. The smallest absolute Gasteiger partial charge is 0.125 e. The molecule has 4 nitrogen and oxygen atoms in total. The van der Waals surface area contributed by atoms with Gasteiger partial charge in [-0.15, -0.1) is 0 Å². The van der Waals surface area contributed by atoms with Gasteiger partial charge in [0.1, 0.15) is 17.6 Å². The van der Waals surface area contributed by atoms with Gasteiger partial charge in [0, 0.05) is 5.69 Å². The molecule has 0 aliphatic heterocycles. The van der Waals surface area contributed by atoms with Crippen LogP contribution in [0.4, 0.5) is 5.69 Å². The molecular formula is C18H23NO3. The Hall–Kier alpha value is -1.94. The molecule has 22 heavy (non-hydrogen) atoms. The second-order valence-corrected chi connectivity index (χ2v) is 5.91. The molecule has 3 atom stereocenters. The average molecular weight is 301 g/mol. The van der Waals surface area contributed by atoms with Gasteiger partial charge in [0.05, 0.1) is 18.4 Å². The van der Waals surface area contributed by atoms with Crippen LogP contribution < -0.4 is 10.1 Å². The van der Waals surface area contributed by atoms with Crippen molar-refractivity contribution in [3.8, 4) is 5.75 Å². The lowest BCUT2D eigenvalue weighted by molar-refractivity contribution is 0.00688. The van der Waals surface area contributed by atoms with E-state index in [-0.39, 0.29) is 18.2 Å². The fraction of sp³-hybridized carbons (Fsp3) is 0.444. The van der Waals surface area contributed by atoms with E-state index in [1.54, 1.807) is 6.26 Å². The van der Waals surface area contributed by atoms with Crippen molar-refractivity contribution in [1.29, 1.82) is 0 Å². The van der Waals surface area contributed by atoms with Crippen molar-refractivity contribution in [3.63, 3.8) is 0 Å². The van der Waals surface area contributed by atoms with Gasteiger partial charge in [-0.2, -0.15) is 0 Å². The zero-order valence-corrected chi connectivity index (χ0v) is 12.9. The third-order valence-electron chi connectivity index (χ3n) is 4.16. The molecule has 3 unspecified atom stereocenters. The quantitative estimate of drug-likeness (QED) is 0.871. The van der Waals surface area contributed by atoms with Crippen molar-refractivity contribution in [2.24, 2.45) is 0 Å². The maximum atomic E-state index is 9.96. The summed E-state index contributed by atoms with van der Waals surface area (Å²) in [7, 11) is 0. The number of aliphatic hydroxyl groups excluding tert-OH is 1. The molecule has 1 aromatic carbocycles. The highest BCUT2D eigenvalue weighted by Gasteiger charge is 2.24. The van der Waals surface area contributed by atoms with Gasteiger partial charge in [-0.3, -0.25) is 0 Å². The first-order valence-electron chi connectivity index (χ1n) is 7.97. The Labute approximate surface area is 131 Å². The van der Waals surface area contributed by atoms with E-state index in [9.17, 15) is 5.11 Å². The molecule has 2 N–H and O–H groups in total. The standard InChI is InChI=1S/C18H23NO3/c1-13(17-7-4-12-21-17)19-14-8-10-15(11-9-14)22-18-6-3-2-5-16(18)20/h4,7-13,16,18-20H,2-3,5-6H2,1H3. The van der Waals surface area contributed by atoms with E-state index in [0.717, 1.165) is 42.9 Å². The van der Waals surface area contributed by atoms with Gasteiger partial charge in [-0.25, -0.2) is 0 Å². The predicted octanol–water partition coefficient (Wildman–Crippen LogP) is 4.14. The number of benzene rings is 1. The van der Waals surface area contributed by atoms with E-state index in [2.05, 4.69) is 12.2 Å². The first kappa shape index (κ1) is 15.0. The monoisotopic (exact) mass is 301 g/mol. The second-order valence-electron chi connectivity index (χ2n) is 5.91. The molecule has 2 aromatic rings. The lowest BCUT2D eigenvalue weighted by Gasteiger charge is -2.28. The molecule has 0 amide bonds. The first-order chi connectivity index (χ1) is 10.7. The van der Waals surface area contributed by atoms with Crippen LogP contribution in [-0.4, -0.2) is 17.3 Å². The largest absolute Gasteiger partial charge is 0.488 e. The maximum absolute atomic E-state index is 9.96. The van der Waals surface area contributed by atoms with E-state index >= 15 is 0 Å². The van der Waals surface area contributed by atoms with Crippen LogP contribution in [0.1, 0.15) is 44.4 Å². The molecule has 0 bridgehead atoms. The van der Waals surface area contributed by atoms with Crippen LogP contribution >= 0.6 is 0 Å². The predicted molar refractivity (Wildman–Crippen MR) is 86.1 cm³/mol. The van der Waals surface area contributed by atoms with Crippen molar-refractivity contribution in [2.75, 3.05) is 5.32 Å². The van der Waals surface area contributed by atoms with Crippen molar-refractivity contribution < 1.29 is 14.3 Å². The SMILES string of the molecule is CC(Nc1ccc(OC2CCCCC2O)cc1)c1ccco1. The zero-order chi connectivity index (χ0) is 15.4. The summed E-state index contributed by atoms with van der Waals surface area (Å²) in [5, 5.41) is 13.3. The highest BCUT2D eigenvalue weighted by Crippen LogP contribution is 2.26. The fourth-order valence-corrected chi connectivity index (χ4v) is 2.88. The Bertz CT molecular complexity index is 565. The first-order valence-corrected chi connectivity index (χ1v) is 7.97. The van der Waals surface area contributed by atoms with E-state index in [4.69, 9.17) is 9.15 Å². The van der Waals surface area contributed by atoms with Gasteiger partial charge >= 0.3 is 0 Å². The van der Waals surface area contributed by atoms with Gasteiger partial charge in [0.2, 0.25) is 0 Å². The van der Waals surface area contributed by atoms with Crippen LogP contribution in [0, 0.1) is 0 Å². The molecule has 118 valence electrons. The summed E-state index contributed by atoms with van der Waals surface area (Å²) < 4.78 is 11.3. The highest BCUT2D eigenvalue weighted by atomic mass is 16.5. The molecular weight excluding hydrogens is 278 g/mol. The molecule has 1 aromatic heterocycles. The number of anilines is 1. The minimum atomic E-state index is -0.342. The number of rotatable bonds is 5. The topological polar surface area (TPSA) is 54.6 Å². The molecule has 0 spiro atoms. The van der Waals surface area contributed by atoms with Gasteiger partial charge in [0.25, 0.3) is 0 Å². The Morgan fingerprint density at radius 2 is 1.95 bits per heavy atom. The van der Waals surface area contributed by atoms with Gasteiger partial charge < -0.3 is 19.6 Å². The highest BCUT2D eigenvalue weighted by molar-refractivity contribution is 5.47. The summed E-state index contributed by atoms with van der Waals surface area (Å²) in [5.74, 6) is 1.72. The van der Waals surface area contributed by atoms with Gasteiger partial charge in [0.15, 0.2) is 0 Å². The normalized spacial score (nSPS) is 23.0. The van der Waals surface area contributed by atoms with Crippen LogP contribution in [0.25, 0.3) is 0 Å². The number of aliphatic hydroxyl groups is 1. The van der Waals surface area contributed by atoms with E-state index in [1.165, 1.54) is 0 Å². The molecule has 1 heterocycles. The van der Waals surface area contributed by atoms with Crippen molar-refractivity contribution in [1.82, 2.24) is 0 Å². The van der Waals surface area contributed by atoms with Crippen LogP contribution in [0.3, 0.4) is 0 Å². The third-order valence-corrected chi connectivity index (χ3v) is 4.16. The summed E-state index contributed by atoms with van der Waals surface area (Å²) in [4.78, 5) is 0. The van der Waals surface area contributed by atoms with Crippen LogP contribution in [-0.2, 0) is 0 Å². The molecule has 1 saturated carbocycles. The van der Waals surface area contributed by atoms with E-state index in [0.29, 0.717) is 0 Å². The lowest BCUT2D eigenvalue weighted by atomic mass is 9.95. The third kappa shape index (κ3) is 3.63. The number of ether oxygens (including phenoxy) is 1. The number of hydrogen-bond acceptors (Lipinski definition) is 4. The molecule has 1 aliphatic carbocycles. The Morgan fingerprint density at radius 3 is 2.64 bits per heavy atom. The van der Waals surface area contributed by atoms with Crippen molar-refractivity contribution in [3.05, 3.63) is 48.4 Å². The summed E-state index contributed by atoms with van der Waals surface area (Å²) in [6, 6.07) is 11.8. The molecule has 0 saturated heterocycles. The summed E-state index contributed by atoms with van der Waals surface area (Å²) in [5.41, 5.74) is 1.01. The molecule has 1 aliphatic rings. The average Bonchev–Trinajstić information content (AvgIpc) is 3.06. The van der Waals surface area contributed by atoms with Gasteiger partial charge in [-0.05, 0) is 62.6 Å². The summed E-state index contributed by atoms with van der Waals surface area (Å²) in [6.45, 7) is 2.06. The maximum Gasteiger partial charge on any atom is 0.125 e. The van der Waals surface area contributed by atoms with Crippen LogP contribution in [0.15, 0.2) is 47.1 Å². The van der Waals surface area contributed by atoms with Crippen molar-refractivity contribution in [2.45, 2.75) is 50.9 Å². The molecule has 1 fully saturated rings. The fourth-order valence-electron chi connectivity index (χ4n) is 2.88. The summed E-state index contributed by atoms with van der Waals surface area (Å²) in [6.07, 6.45) is 5.25. The second kappa shape index (κ2) is 6.88. The summed E-state index contributed by atoms with van der Waals surface area (Å²) >= 11 is 0. The Kier molecular flexibility index (Phi) is 4.68. The Balaban J connectivity index is 1.58. The zero-order valence-electron chi connectivity index (χ0n) is 12.9. The van der Waals surface area contributed by atoms with Crippen LogP contribution in [0.2, 0.25) is 0 Å². The van der Waals surface area contributed by atoms with E-state index < -0.39 is 0 Å². The van der Waals surface area contributed by atoms with Gasteiger partial charge in [-0.1, -0.05) is 6.42 Å². The van der Waals surface area contributed by atoms with Crippen molar-refractivity contribution >= 4 is 5.69 Å². The number of nitrogens with one attached hydrogen (secondary N) is 1.